The van der Waals surface area contributed by atoms with E-state index in [1.54, 1.807) is 13.8 Å². The van der Waals surface area contributed by atoms with Gasteiger partial charge in [0, 0.05) is 13.2 Å². The Bertz CT molecular complexity index is 97.8. The molecule has 60 valence electrons. The molecule has 0 atom stereocenters. The van der Waals surface area contributed by atoms with E-state index in [1.807, 2.05) is 0 Å². The van der Waals surface area contributed by atoms with E-state index < -0.39 is 12.1 Å². The van der Waals surface area contributed by atoms with Gasteiger partial charge in [0.2, 0.25) is 6.29 Å². The van der Waals surface area contributed by atoms with E-state index in [0.29, 0.717) is 13.2 Å². The molecule has 0 saturated heterocycles. The Morgan fingerprint density at radius 3 is 2.00 bits per heavy atom. The van der Waals surface area contributed by atoms with Crippen LogP contribution in [0.1, 0.15) is 13.8 Å². The number of ether oxygens (including phenoxy) is 2. The van der Waals surface area contributed by atoms with Gasteiger partial charge in [-0.15, -0.1) is 0 Å². The van der Waals surface area contributed by atoms with Gasteiger partial charge in [0.15, 0.2) is 0 Å². The zero-order valence-electron chi connectivity index (χ0n) is 6.39. The first-order chi connectivity index (χ1) is 4.72. The molecule has 0 spiro atoms. The lowest BCUT2D eigenvalue weighted by molar-refractivity contribution is -0.121. The van der Waals surface area contributed by atoms with E-state index in [2.05, 4.69) is 6.58 Å². The quantitative estimate of drug-likeness (QED) is 0.554. The summed E-state index contributed by atoms with van der Waals surface area (Å²) in [6.07, 6.45) is -0.880. The third kappa shape index (κ3) is 3.58. The first kappa shape index (κ1) is 9.59. The summed E-state index contributed by atoms with van der Waals surface area (Å²) >= 11 is 0. The SMILES string of the molecule is C=C(F)C(OCC)OCC. The maximum Gasteiger partial charge on any atom is 0.210 e. The van der Waals surface area contributed by atoms with Crippen molar-refractivity contribution in [3.63, 3.8) is 0 Å². The summed E-state index contributed by atoms with van der Waals surface area (Å²) in [5.41, 5.74) is 0. The summed E-state index contributed by atoms with van der Waals surface area (Å²) in [5, 5.41) is 0. The molecule has 0 aliphatic carbocycles. The van der Waals surface area contributed by atoms with Crippen molar-refractivity contribution in [1.82, 2.24) is 0 Å². The molecule has 10 heavy (non-hydrogen) atoms. The van der Waals surface area contributed by atoms with Crippen molar-refractivity contribution in [2.45, 2.75) is 20.1 Å². The van der Waals surface area contributed by atoms with E-state index in [1.165, 1.54) is 0 Å². The molecule has 0 saturated carbocycles. The van der Waals surface area contributed by atoms with Gasteiger partial charge in [-0.25, -0.2) is 4.39 Å². The van der Waals surface area contributed by atoms with E-state index in [-0.39, 0.29) is 0 Å². The maximum absolute atomic E-state index is 12.3. The van der Waals surface area contributed by atoms with Crippen molar-refractivity contribution in [2.24, 2.45) is 0 Å². The van der Waals surface area contributed by atoms with E-state index in [9.17, 15) is 4.39 Å². The molecule has 0 radical (unpaired) electrons. The monoisotopic (exact) mass is 148 g/mol. The molecule has 0 aliphatic rings. The predicted molar refractivity (Wildman–Crippen MR) is 37.3 cm³/mol. The molecule has 3 heteroatoms. The van der Waals surface area contributed by atoms with Crippen LogP contribution in [-0.2, 0) is 9.47 Å². The summed E-state index contributed by atoms with van der Waals surface area (Å²) in [4.78, 5) is 0. The lowest BCUT2D eigenvalue weighted by atomic mass is 10.5. The second-order valence-corrected chi connectivity index (χ2v) is 1.69. The van der Waals surface area contributed by atoms with Crippen LogP contribution in [0.25, 0.3) is 0 Å². The van der Waals surface area contributed by atoms with Gasteiger partial charge >= 0.3 is 0 Å². The minimum Gasteiger partial charge on any atom is -0.347 e. The summed E-state index contributed by atoms with van der Waals surface area (Å²) in [6, 6.07) is 0. The van der Waals surface area contributed by atoms with Gasteiger partial charge in [-0.05, 0) is 13.8 Å². The van der Waals surface area contributed by atoms with Crippen molar-refractivity contribution in [3.05, 3.63) is 12.4 Å². The van der Waals surface area contributed by atoms with E-state index in [4.69, 9.17) is 9.47 Å². The average Bonchev–Trinajstić information content (AvgIpc) is 1.87. The first-order valence-corrected chi connectivity index (χ1v) is 3.29. The molecule has 0 aromatic carbocycles. The summed E-state index contributed by atoms with van der Waals surface area (Å²) < 4.78 is 22.0. The lowest BCUT2D eigenvalue weighted by Gasteiger charge is -2.13. The first-order valence-electron chi connectivity index (χ1n) is 3.29. The highest BCUT2D eigenvalue weighted by Gasteiger charge is 2.10. The molecule has 0 fully saturated rings. The van der Waals surface area contributed by atoms with Crippen molar-refractivity contribution < 1.29 is 13.9 Å². The van der Waals surface area contributed by atoms with Gasteiger partial charge in [-0.3, -0.25) is 0 Å². The zero-order chi connectivity index (χ0) is 7.98. The highest BCUT2D eigenvalue weighted by molar-refractivity contribution is 4.84. The van der Waals surface area contributed by atoms with Gasteiger partial charge in [0.25, 0.3) is 0 Å². The van der Waals surface area contributed by atoms with E-state index >= 15 is 0 Å². The van der Waals surface area contributed by atoms with Crippen LogP contribution in [0.5, 0.6) is 0 Å². The van der Waals surface area contributed by atoms with Crippen LogP contribution >= 0.6 is 0 Å². The number of halogens is 1. The third-order valence-electron chi connectivity index (χ3n) is 0.892. The lowest BCUT2D eigenvalue weighted by Crippen LogP contribution is -2.17. The third-order valence-corrected chi connectivity index (χ3v) is 0.892. The number of hydrogen-bond donors (Lipinski definition) is 0. The van der Waals surface area contributed by atoms with Crippen molar-refractivity contribution >= 4 is 0 Å². The Kier molecular flexibility index (Phi) is 5.16. The fraction of sp³-hybridized carbons (Fsp3) is 0.714. The van der Waals surface area contributed by atoms with Crippen LogP contribution in [0.15, 0.2) is 12.4 Å². The summed E-state index contributed by atoms with van der Waals surface area (Å²) in [5.74, 6) is -0.580. The van der Waals surface area contributed by atoms with Crippen LogP contribution < -0.4 is 0 Å². The van der Waals surface area contributed by atoms with Crippen LogP contribution in [0.2, 0.25) is 0 Å². The molecule has 0 aromatic heterocycles. The molecular weight excluding hydrogens is 135 g/mol. The molecule has 0 amide bonds. The van der Waals surface area contributed by atoms with Gasteiger partial charge in [-0.1, -0.05) is 6.58 Å². The van der Waals surface area contributed by atoms with Gasteiger partial charge in [0.05, 0.1) is 0 Å². The average molecular weight is 148 g/mol. The summed E-state index contributed by atoms with van der Waals surface area (Å²) in [6.45, 7) is 7.47. The standard InChI is InChI=1S/C7H13FO2/c1-4-9-7(6(3)8)10-5-2/h7H,3-5H2,1-2H3. The Balaban J connectivity index is 3.61. The van der Waals surface area contributed by atoms with Crippen LogP contribution in [-0.4, -0.2) is 19.5 Å². The number of rotatable bonds is 5. The van der Waals surface area contributed by atoms with Crippen LogP contribution in [0.3, 0.4) is 0 Å². The molecule has 0 bridgehead atoms. The molecule has 0 unspecified atom stereocenters. The molecule has 0 aromatic rings. The maximum atomic E-state index is 12.3. The van der Waals surface area contributed by atoms with Crippen LogP contribution in [0.4, 0.5) is 4.39 Å². The second-order valence-electron chi connectivity index (χ2n) is 1.69. The highest BCUT2D eigenvalue weighted by atomic mass is 19.1. The molecule has 0 aliphatic heterocycles. The van der Waals surface area contributed by atoms with Crippen molar-refractivity contribution in [2.75, 3.05) is 13.2 Å². The fourth-order valence-corrected chi connectivity index (χ4v) is 0.532. The van der Waals surface area contributed by atoms with Gasteiger partial charge in [-0.2, -0.15) is 0 Å². The topological polar surface area (TPSA) is 18.5 Å². The molecule has 2 nitrogen and oxygen atoms in total. The predicted octanol–water partition coefficient (Wildman–Crippen LogP) is 1.87. The molecule has 0 N–H and O–H groups in total. The Morgan fingerprint density at radius 2 is 1.80 bits per heavy atom. The molecule has 0 rings (SSSR count). The molecular formula is C7H13FO2. The van der Waals surface area contributed by atoms with Gasteiger partial charge < -0.3 is 9.47 Å². The van der Waals surface area contributed by atoms with Crippen molar-refractivity contribution in [1.29, 1.82) is 0 Å². The fourth-order valence-electron chi connectivity index (χ4n) is 0.532. The van der Waals surface area contributed by atoms with Crippen molar-refractivity contribution in [3.8, 4) is 0 Å². The Labute approximate surface area is 60.6 Å². The normalized spacial score (nSPS) is 10.4. The minimum absolute atomic E-state index is 0.424. The summed E-state index contributed by atoms with van der Waals surface area (Å²) in [7, 11) is 0. The zero-order valence-corrected chi connectivity index (χ0v) is 6.39. The van der Waals surface area contributed by atoms with Crippen LogP contribution in [0, 0.1) is 0 Å². The smallest absolute Gasteiger partial charge is 0.210 e. The second kappa shape index (κ2) is 5.38. The number of hydrogen-bond acceptors (Lipinski definition) is 2. The van der Waals surface area contributed by atoms with Gasteiger partial charge in [0.1, 0.15) is 5.83 Å². The molecule has 0 heterocycles. The largest absolute Gasteiger partial charge is 0.347 e. The highest BCUT2D eigenvalue weighted by Crippen LogP contribution is 2.06. The Hall–Kier alpha value is -0.410. The minimum atomic E-state index is -0.880. The Morgan fingerprint density at radius 1 is 1.40 bits per heavy atom. The van der Waals surface area contributed by atoms with E-state index in [0.717, 1.165) is 0 Å².